The Morgan fingerprint density at radius 1 is 1.25 bits per heavy atom. The molecule has 0 aromatic heterocycles. The molecule has 0 radical (unpaired) electrons. The van der Waals surface area contributed by atoms with Gasteiger partial charge in [-0.05, 0) is 43.9 Å². The summed E-state index contributed by atoms with van der Waals surface area (Å²) in [4.78, 5) is 39.0. The number of phenolic OH excluding ortho intramolecular Hbond substituents is 1. The van der Waals surface area contributed by atoms with Gasteiger partial charge in [0, 0.05) is 29.5 Å². The number of methoxy groups -OCH3 is 1. The fraction of sp³-hybridized carbons (Fsp3) is 0.458. The van der Waals surface area contributed by atoms with Crippen molar-refractivity contribution in [3.05, 3.63) is 52.4 Å². The third-order valence-electron chi connectivity index (χ3n) is 5.83. The van der Waals surface area contributed by atoms with Crippen LogP contribution in [0.2, 0.25) is 0 Å². The number of allylic oxidation sites excluding steroid dienone is 3. The molecule has 0 spiro atoms. The number of aromatic hydroxyl groups is 1. The normalized spacial score (nSPS) is 22.9. The molecule has 0 bridgehead atoms. The fourth-order valence-electron chi connectivity index (χ4n) is 4.40. The number of dihydropyridines is 1. The van der Waals surface area contributed by atoms with Crippen molar-refractivity contribution >= 4 is 17.7 Å². The lowest BCUT2D eigenvalue weighted by atomic mass is 9.69. The number of esters is 2. The zero-order chi connectivity index (χ0) is 23.4. The van der Waals surface area contributed by atoms with Gasteiger partial charge in [-0.2, -0.15) is 0 Å². The number of benzene rings is 1. The number of Topliss-reactive ketones (excluding diaryl/α,β-unsaturated/α-hetero) is 1. The number of nitrogens with one attached hydrogen (secondary N) is 1. The predicted molar refractivity (Wildman–Crippen MR) is 115 cm³/mol. The molecular formula is C24H29NO7. The molecule has 172 valence electrons. The summed E-state index contributed by atoms with van der Waals surface area (Å²) in [6.07, 6.45) is 0.445. The molecule has 32 heavy (non-hydrogen) atoms. The highest BCUT2D eigenvalue weighted by Gasteiger charge is 2.47. The topological polar surface area (TPSA) is 111 Å². The first-order chi connectivity index (χ1) is 15.3. The Morgan fingerprint density at radius 2 is 2.00 bits per heavy atom. The molecule has 8 nitrogen and oxygen atoms in total. The first-order valence-corrected chi connectivity index (χ1v) is 10.7. The molecule has 2 N–H and O–H groups in total. The molecule has 1 heterocycles. The van der Waals surface area contributed by atoms with E-state index in [0.29, 0.717) is 35.6 Å². The zero-order valence-corrected chi connectivity index (χ0v) is 18.8. The average Bonchev–Trinajstić information content (AvgIpc) is 2.75. The third-order valence-corrected chi connectivity index (χ3v) is 5.83. The van der Waals surface area contributed by atoms with E-state index >= 15 is 0 Å². The Kier molecular flexibility index (Phi) is 7.35. The van der Waals surface area contributed by atoms with Gasteiger partial charge in [0.1, 0.15) is 18.3 Å². The van der Waals surface area contributed by atoms with E-state index < -0.39 is 29.6 Å². The highest BCUT2D eigenvalue weighted by Crippen LogP contribution is 2.45. The molecule has 3 rings (SSSR count). The summed E-state index contributed by atoms with van der Waals surface area (Å²) in [6, 6.07) is 6.41. The van der Waals surface area contributed by atoms with Crippen LogP contribution in [0, 0.1) is 11.8 Å². The van der Waals surface area contributed by atoms with E-state index in [1.807, 2.05) is 13.8 Å². The van der Waals surface area contributed by atoms with E-state index in [1.165, 1.54) is 19.2 Å². The van der Waals surface area contributed by atoms with Crippen LogP contribution in [0.25, 0.3) is 0 Å². The van der Waals surface area contributed by atoms with Crippen LogP contribution in [-0.2, 0) is 28.6 Å². The van der Waals surface area contributed by atoms with Crippen molar-refractivity contribution in [3.63, 3.8) is 0 Å². The predicted octanol–water partition coefficient (Wildman–Crippen LogP) is 2.58. The lowest BCUT2D eigenvalue weighted by Crippen LogP contribution is -2.43. The average molecular weight is 443 g/mol. The van der Waals surface area contributed by atoms with Crippen molar-refractivity contribution in [3.8, 4) is 5.75 Å². The van der Waals surface area contributed by atoms with Gasteiger partial charge in [0.25, 0.3) is 0 Å². The van der Waals surface area contributed by atoms with Crippen LogP contribution in [0.5, 0.6) is 5.75 Å². The molecule has 1 aromatic rings. The van der Waals surface area contributed by atoms with E-state index in [1.54, 1.807) is 19.1 Å². The molecule has 8 heteroatoms. The van der Waals surface area contributed by atoms with E-state index in [4.69, 9.17) is 14.2 Å². The van der Waals surface area contributed by atoms with Crippen LogP contribution in [0.1, 0.15) is 38.7 Å². The molecule has 0 saturated carbocycles. The molecule has 1 aromatic carbocycles. The first kappa shape index (κ1) is 23.5. The maximum absolute atomic E-state index is 13.6. The number of hydrogen-bond donors (Lipinski definition) is 2. The summed E-state index contributed by atoms with van der Waals surface area (Å²) < 4.78 is 15.5. The lowest BCUT2D eigenvalue weighted by Gasteiger charge is -2.38. The molecule has 1 aliphatic heterocycles. The van der Waals surface area contributed by atoms with Crippen molar-refractivity contribution in [2.45, 2.75) is 33.1 Å². The molecule has 0 fully saturated rings. The van der Waals surface area contributed by atoms with E-state index in [2.05, 4.69) is 5.32 Å². The largest absolute Gasteiger partial charge is 0.508 e. The quantitative estimate of drug-likeness (QED) is 0.376. The maximum Gasteiger partial charge on any atom is 0.336 e. The second-order valence-electron chi connectivity index (χ2n) is 7.96. The Balaban J connectivity index is 2.07. The molecule has 0 amide bonds. The van der Waals surface area contributed by atoms with E-state index in [0.717, 1.165) is 0 Å². The van der Waals surface area contributed by atoms with Gasteiger partial charge in [0.15, 0.2) is 5.78 Å². The first-order valence-electron chi connectivity index (χ1n) is 10.7. The zero-order valence-electron chi connectivity index (χ0n) is 18.8. The molecule has 2 aliphatic rings. The number of hydrogen-bond acceptors (Lipinski definition) is 8. The van der Waals surface area contributed by atoms with Gasteiger partial charge in [-0.1, -0.05) is 19.1 Å². The number of phenols is 1. The van der Waals surface area contributed by atoms with Crippen molar-refractivity contribution in [1.29, 1.82) is 0 Å². The number of carbonyl (C=O) groups is 3. The van der Waals surface area contributed by atoms with Crippen LogP contribution in [0.15, 0.2) is 46.8 Å². The van der Waals surface area contributed by atoms with Crippen molar-refractivity contribution in [2.24, 2.45) is 11.8 Å². The van der Waals surface area contributed by atoms with Gasteiger partial charge in [0.2, 0.25) is 0 Å². The third kappa shape index (κ3) is 4.55. The number of ketones is 1. The SMILES string of the molecule is CCOCCOC(=O)C1=C(C)NC2=C(C(=O)[C@H](C(=O)OC)[C@@H](C)C2)[C@@H]1c1cccc(O)c1. The number of ether oxygens (including phenoxy) is 3. The van der Waals surface area contributed by atoms with Crippen LogP contribution >= 0.6 is 0 Å². The van der Waals surface area contributed by atoms with Gasteiger partial charge in [-0.25, -0.2) is 4.79 Å². The van der Waals surface area contributed by atoms with Crippen LogP contribution < -0.4 is 5.32 Å². The lowest BCUT2D eigenvalue weighted by molar-refractivity contribution is -0.151. The van der Waals surface area contributed by atoms with Gasteiger partial charge >= 0.3 is 11.9 Å². The van der Waals surface area contributed by atoms with E-state index in [9.17, 15) is 19.5 Å². The monoisotopic (exact) mass is 443 g/mol. The molecule has 3 atom stereocenters. The van der Waals surface area contributed by atoms with Crippen molar-refractivity contribution in [1.82, 2.24) is 5.32 Å². The summed E-state index contributed by atoms with van der Waals surface area (Å²) in [7, 11) is 1.25. The van der Waals surface area contributed by atoms with Gasteiger partial charge in [-0.15, -0.1) is 0 Å². The van der Waals surface area contributed by atoms with Crippen LogP contribution in [0.3, 0.4) is 0 Å². The minimum atomic E-state index is -0.964. The number of carbonyl (C=O) groups excluding carboxylic acids is 3. The Hall–Kier alpha value is -3.13. The summed E-state index contributed by atoms with van der Waals surface area (Å²) in [5.74, 6) is -3.59. The summed E-state index contributed by atoms with van der Waals surface area (Å²) >= 11 is 0. The summed E-state index contributed by atoms with van der Waals surface area (Å²) in [5.41, 5.74) is 2.37. The molecule has 0 unspecified atom stereocenters. The smallest absolute Gasteiger partial charge is 0.336 e. The maximum atomic E-state index is 13.6. The minimum Gasteiger partial charge on any atom is -0.508 e. The second-order valence-corrected chi connectivity index (χ2v) is 7.96. The molecule has 1 aliphatic carbocycles. The Bertz CT molecular complexity index is 978. The highest BCUT2D eigenvalue weighted by molar-refractivity contribution is 6.12. The van der Waals surface area contributed by atoms with Crippen LogP contribution in [-0.4, -0.2) is 49.8 Å². The van der Waals surface area contributed by atoms with Crippen molar-refractivity contribution < 1.29 is 33.7 Å². The standard InChI is InChI=1S/C24H29NO7/c1-5-31-9-10-32-24(29)19-14(3)25-17-11-13(2)18(23(28)30-4)22(27)21(17)20(19)15-7-6-8-16(26)12-15/h6-8,12-13,18,20,25-26H,5,9-11H2,1-4H3/t13-,18+,20+/m0/s1. The van der Waals surface area contributed by atoms with Crippen LogP contribution in [0.4, 0.5) is 0 Å². The fourth-order valence-corrected chi connectivity index (χ4v) is 4.40. The molecule has 0 saturated heterocycles. The Labute approximate surface area is 187 Å². The van der Waals surface area contributed by atoms with Gasteiger partial charge in [-0.3, -0.25) is 9.59 Å². The van der Waals surface area contributed by atoms with Gasteiger partial charge in [0.05, 0.1) is 19.3 Å². The number of rotatable bonds is 7. The summed E-state index contributed by atoms with van der Waals surface area (Å²) in [5, 5.41) is 13.3. The summed E-state index contributed by atoms with van der Waals surface area (Å²) in [6.45, 7) is 6.25. The van der Waals surface area contributed by atoms with Gasteiger partial charge < -0.3 is 24.6 Å². The van der Waals surface area contributed by atoms with Crippen molar-refractivity contribution in [2.75, 3.05) is 26.9 Å². The minimum absolute atomic E-state index is 0.00560. The van der Waals surface area contributed by atoms with E-state index in [-0.39, 0.29) is 30.5 Å². The second kappa shape index (κ2) is 9.99. The highest BCUT2D eigenvalue weighted by atomic mass is 16.6. The molecular weight excluding hydrogens is 414 g/mol. The Morgan fingerprint density at radius 3 is 2.66 bits per heavy atom.